The summed E-state index contributed by atoms with van der Waals surface area (Å²) in [5.74, 6) is 0. The first-order chi connectivity index (χ1) is 6.38. The minimum Gasteiger partial charge on any atom is -0.393 e. The van der Waals surface area contributed by atoms with Crippen molar-refractivity contribution in [3.8, 4) is 0 Å². The molecule has 1 rings (SSSR count). The molecule has 0 unspecified atom stereocenters. The van der Waals surface area contributed by atoms with E-state index in [2.05, 4.69) is 6.92 Å². The predicted molar refractivity (Wildman–Crippen MR) is 52.5 cm³/mol. The van der Waals surface area contributed by atoms with Crippen LogP contribution in [-0.2, 0) is 4.74 Å². The van der Waals surface area contributed by atoms with E-state index >= 15 is 0 Å². The summed E-state index contributed by atoms with van der Waals surface area (Å²) in [6.07, 6.45) is 0.810. The van der Waals surface area contributed by atoms with Gasteiger partial charge in [0, 0.05) is 6.61 Å². The molecule has 2 nitrogen and oxygen atoms in total. The molecule has 2 heteroatoms. The van der Waals surface area contributed by atoms with Gasteiger partial charge in [-0.15, -0.1) is 0 Å². The summed E-state index contributed by atoms with van der Waals surface area (Å²) in [6, 6.07) is 9.80. The van der Waals surface area contributed by atoms with Gasteiger partial charge in [-0.25, -0.2) is 0 Å². The first-order valence-corrected chi connectivity index (χ1v) is 4.66. The molecule has 0 spiro atoms. The predicted octanol–water partition coefficient (Wildman–Crippen LogP) is 2.15. The van der Waals surface area contributed by atoms with Gasteiger partial charge < -0.3 is 9.84 Å². The highest BCUT2D eigenvalue weighted by Gasteiger charge is 2.08. The SMILES string of the molecule is CCCO[C@H](CO)c1ccccc1. The van der Waals surface area contributed by atoms with Crippen molar-refractivity contribution in [2.75, 3.05) is 13.2 Å². The Morgan fingerprint density at radius 2 is 2.00 bits per heavy atom. The Hall–Kier alpha value is -0.860. The van der Waals surface area contributed by atoms with Gasteiger partial charge in [0.05, 0.1) is 6.61 Å². The first-order valence-electron chi connectivity index (χ1n) is 4.66. The van der Waals surface area contributed by atoms with Crippen LogP contribution in [0.4, 0.5) is 0 Å². The fraction of sp³-hybridized carbons (Fsp3) is 0.455. The van der Waals surface area contributed by atoms with Crippen LogP contribution in [0.1, 0.15) is 25.0 Å². The molecule has 1 aromatic rings. The van der Waals surface area contributed by atoms with Gasteiger partial charge in [0.25, 0.3) is 0 Å². The van der Waals surface area contributed by atoms with E-state index < -0.39 is 0 Å². The summed E-state index contributed by atoms with van der Waals surface area (Å²) >= 11 is 0. The van der Waals surface area contributed by atoms with Gasteiger partial charge in [-0.3, -0.25) is 0 Å². The molecule has 1 atom stereocenters. The van der Waals surface area contributed by atoms with Crippen LogP contribution in [0.2, 0.25) is 0 Å². The largest absolute Gasteiger partial charge is 0.393 e. The third-order valence-electron chi connectivity index (χ3n) is 1.86. The van der Waals surface area contributed by atoms with Gasteiger partial charge in [0.1, 0.15) is 6.10 Å². The van der Waals surface area contributed by atoms with Crippen LogP contribution in [-0.4, -0.2) is 18.3 Å². The number of benzene rings is 1. The average Bonchev–Trinajstić information content (AvgIpc) is 2.21. The van der Waals surface area contributed by atoms with Crippen molar-refractivity contribution in [2.45, 2.75) is 19.4 Å². The molecule has 0 saturated carbocycles. The van der Waals surface area contributed by atoms with Crippen molar-refractivity contribution in [1.82, 2.24) is 0 Å². The smallest absolute Gasteiger partial charge is 0.105 e. The van der Waals surface area contributed by atoms with E-state index in [1.807, 2.05) is 30.3 Å². The number of hydrogen-bond donors (Lipinski definition) is 1. The van der Waals surface area contributed by atoms with Crippen LogP contribution >= 0.6 is 0 Å². The fourth-order valence-electron chi connectivity index (χ4n) is 1.18. The summed E-state index contributed by atoms with van der Waals surface area (Å²) in [4.78, 5) is 0. The minimum absolute atomic E-state index is 0.0456. The number of hydrogen-bond acceptors (Lipinski definition) is 2. The van der Waals surface area contributed by atoms with Gasteiger partial charge in [0.2, 0.25) is 0 Å². The van der Waals surface area contributed by atoms with E-state index in [-0.39, 0.29) is 12.7 Å². The van der Waals surface area contributed by atoms with Crippen molar-refractivity contribution in [1.29, 1.82) is 0 Å². The lowest BCUT2D eigenvalue weighted by molar-refractivity contribution is 0.0121. The van der Waals surface area contributed by atoms with E-state index in [9.17, 15) is 0 Å². The molecule has 0 aliphatic rings. The molecular formula is C11H16O2. The molecule has 1 N–H and O–H groups in total. The molecule has 13 heavy (non-hydrogen) atoms. The van der Waals surface area contributed by atoms with Crippen LogP contribution in [0.3, 0.4) is 0 Å². The Balaban J connectivity index is 2.56. The Morgan fingerprint density at radius 1 is 1.31 bits per heavy atom. The van der Waals surface area contributed by atoms with Gasteiger partial charge in [-0.1, -0.05) is 37.3 Å². The van der Waals surface area contributed by atoms with Crippen LogP contribution in [0.25, 0.3) is 0 Å². The zero-order valence-corrected chi connectivity index (χ0v) is 7.94. The highest BCUT2D eigenvalue weighted by molar-refractivity contribution is 5.17. The lowest BCUT2D eigenvalue weighted by Crippen LogP contribution is -2.09. The van der Waals surface area contributed by atoms with Gasteiger partial charge in [-0.2, -0.15) is 0 Å². The topological polar surface area (TPSA) is 29.5 Å². The standard InChI is InChI=1S/C11H16O2/c1-2-8-13-11(9-12)10-6-4-3-5-7-10/h3-7,11-12H,2,8-9H2,1H3/t11-/m1/s1. The number of rotatable bonds is 5. The van der Waals surface area contributed by atoms with E-state index in [1.165, 1.54) is 0 Å². The fourth-order valence-corrected chi connectivity index (χ4v) is 1.18. The van der Waals surface area contributed by atoms with Crippen LogP contribution < -0.4 is 0 Å². The minimum atomic E-state index is -0.166. The highest BCUT2D eigenvalue weighted by atomic mass is 16.5. The summed E-state index contributed by atoms with van der Waals surface area (Å²) < 4.78 is 5.48. The monoisotopic (exact) mass is 180 g/mol. The molecule has 72 valence electrons. The van der Waals surface area contributed by atoms with Crippen molar-refractivity contribution in [3.05, 3.63) is 35.9 Å². The molecule has 0 radical (unpaired) electrons. The Kier molecular flexibility index (Phi) is 4.50. The van der Waals surface area contributed by atoms with Crippen molar-refractivity contribution < 1.29 is 9.84 Å². The number of aliphatic hydroxyl groups excluding tert-OH is 1. The molecular weight excluding hydrogens is 164 g/mol. The second-order valence-electron chi connectivity index (χ2n) is 2.95. The Bertz CT molecular complexity index is 221. The normalized spacial score (nSPS) is 12.8. The molecule has 0 bridgehead atoms. The number of aliphatic hydroxyl groups is 1. The third kappa shape index (κ3) is 3.17. The molecule has 0 heterocycles. The molecule has 1 aromatic carbocycles. The van der Waals surface area contributed by atoms with Crippen LogP contribution in [0, 0.1) is 0 Å². The van der Waals surface area contributed by atoms with Crippen LogP contribution in [0.5, 0.6) is 0 Å². The third-order valence-corrected chi connectivity index (χ3v) is 1.86. The van der Waals surface area contributed by atoms with E-state index in [0.717, 1.165) is 12.0 Å². The lowest BCUT2D eigenvalue weighted by Gasteiger charge is -2.14. The maximum atomic E-state index is 9.08. The number of ether oxygens (including phenoxy) is 1. The molecule has 0 aromatic heterocycles. The summed E-state index contributed by atoms with van der Waals surface area (Å²) in [5, 5.41) is 9.08. The molecule has 0 aliphatic heterocycles. The molecule has 0 fully saturated rings. The van der Waals surface area contributed by atoms with Gasteiger partial charge >= 0.3 is 0 Å². The highest BCUT2D eigenvalue weighted by Crippen LogP contribution is 2.15. The van der Waals surface area contributed by atoms with E-state index in [4.69, 9.17) is 9.84 Å². The zero-order valence-electron chi connectivity index (χ0n) is 7.94. The van der Waals surface area contributed by atoms with Gasteiger partial charge in [0.15, 0.2) is 0 Å². The molecule has 0 amide bonds. The molecule has 0 saturated heterocycles. The second-order valence-corrected chi connectivity index (χ2v) is 2.95. The van der Waals surface area contributed by atoms with Gasteiger partial charge in [-0.05, 0) is 12.0 Å². The zero-order chi connectivity index (χ0) is 9.52. The van der Waals surface area contributed by atoms with Crippen molar-refractivity contribution in [2.24, 2.45) is 0 Å². The van der Waals surface area contributed by atoms with Crippen LogP contribution in [0.15, 0.2) is 30.3 Å². The Morgan fingerprint density at radius 3 is 2.54 bits per heavy atom. The lowest BCUT2D eigenvalue weighted by atomic mass is 10.1. The average molecular weight is 180 g/mol. The maximum Gasteiger partial charge on any atom is 0.105 e. The first kappa shape index (κ1) is 10.2. The second kappa shape index (κ2) is 5.73. The molecule has 0 aliphatic carbocycles. The summed E-state index contributed by atoms with van der Waals surface area (Å²) in [7, 11) is 0. The van der Waals surface area contributed by atoms with Crippen molar-refractivity contribution >= 4 is 0 Å². The van der Waals surface area contributed by atoms with E-state index in [1.54, 1.807) is 0 Å². The Labute approximate surface area is 79.2 Å². The van der Waals surface area contributed by atoms with Crippen molar-refractivity contribution in [3.63, 3.8) is 0 Å². The quantitative estimate of drug-likeness (QED) is 0.752. The van der Waals surface area contributed by atoms with E-state index in [0.29, 0.717) is 6.61 Å². The maximum absolute atomic E-state index is 9.08. The summed E-state index contributed by atoms with van der Waals surface area (Å²) in [6.45, 7) is 2.80. The summed E-state index contributed by atoms with van der Waals surface area (Å²) in [5.41, 5.74) is 1.04.